The second-order valence-corrected chi connectivity index (χ2v) is 6.45. The average molecular weight is 316 g/mol. The van der Waals surface area contributed by atoms with Gasteiger partial charge in [-0.25, -0.2) is 4.98 Å². The molecule has 0 radical (unpaired) electrons. The highest BCUT2D eigenvalue weighted by Crippen LogP contribution is 2.29. The first-order chi connectivity index (χ1) is 10.7. The maximum absolute atomic E-state index is 5.87. The van der Waals surface area contributed by atoms with Crippen molar-refractivity contribution in [1.29, 1.82) is 0 Å². The number of thiazole rings is 1. The highest BCUT2D eigenvalue weighted by molar-refractivity contribution is 7.09. The van der Waals surface area contributed by atoms with Crippen LogP contribution >= 0.6 is 11.3 Å². The molecule has 3 aromatic heterocycles. The summed E-state index contributed by atoms with van der Waals surface area (Å²) in [6.45, 7) is 2.94. The van der Waals surface area contributed by atoms with Gasteiger partial charge in [-0.05, 0) is 13.0 Å². The van der Waals surface area contributed by atoms with Crippen LogP contribution in [0.2, 0.25) is 0 Å². The van der Waals surface area contributed by atoms with E-state index in [4.69, 9.17) is 11.5 Å². The number of hydrogen-bond acceptors (Lipinski definition) is 8. The first-order valence-electron chi connectivity index (χ1n) is 7.07. The van der Waals surface area contributed by atoms with E-state index in [2.05, 4.69) is 29.8 Å². The fourth-order valence-electron chi connectivity index (χ4n) is 2.89. The summed E-state index contributed by atoms with van der Waals surface area (Å²) in [7, 11) is 0. The van der Waals surface area contributed by atoms with E-state index in [9.17, 15) is 0 Å². The molecule has 1 aliphatic rings. The number of fused-ring (bicyclic) bond motifs is 1. The Morgan fingerprint density at radius 1 is 1.32 bits per heavy atom. The minimum absolute atomic E-state index is 0.154. The first-order valence-corrected chi connectivity index (χ1v) is 7.95. The van der Waals surface area contributed by atoms with Crippen LogP contribution in [0.4, 0.5) is 11.8 Å². The Hall–Kier alpha value is -2.26. The molecular weight excluding hydrogens is 300 g/mol. The number of hydrogen-bond donors (Lipinski definition) is 3. The van der Waals surface area contributed by atoms with Gasteiger partial charge in [0.15, 0.2) is 11.5 Å². The summed E-state index contributed by atoms with van der Waals surface area (Å²) >= 11 is 1.69. The Bertz CT molecular complexity index is 796. The summed E-state index contributed by atoms with van der Waals surface area (Å²) in [6, 6.07) is 0. The predicted molar refractivity (Wildman–Crippen MR) is 85.3 cm³/mol. The molecule has 1 atom stereocenters. The van der Waals surface area contributed by atoms with Gasteiger partial charge in [0.2, 0.25) is 5.95 Å². The number of aromatic nitrogens is 5. The molecule has 1 unspecified atom stereocenters. The van der Waals surface area contributed by atoms with Crippen LogP contribution in [-0.2, 0) is 6.54 Å². The zero-order chi connectivity index (χ0) is 15.1. The zero-order valence-electron chi connectivity index (χ0n) is 11.9. The fraction of sp³-hybridized carbons (Fsp3) is 0.385. The van der Waals surface area contributed by atoms with E-state index in [0.717, 1.165) is 31.9 Å². The smallest absolute Gasteiger partial charge is 0.224 e. The normalized spacial score (nSPS) is 19.2. The molecule has 4 rings (SSSR count). The van der Waals surface area contributed by atoms with E-state index in [0.29, 0.717) is 22.9 Å². The van der Waals surface area contributed by atoms with Gasteiger partial charge in [-0.3, -0.25) is 9.88 Å². The Balaban J connectivity index is 1.54. The number of nitrogens with one attached hydrogen (secondary N) is 1. The molecule has 114 valence electrons. The van der Waals surface area contributed by atoms with Gasteiger partial charge in [0, 0.05) is 30.1 Å². The number of nitrogen functional groups attached to an aromatic ring is 2. The molecular formula is C13H16N8S. The number of likely N-dealkylation sites (tertiary alicyclic amines) is 1. The van der Waals surface area contributed by atoms with Crippen LogP contribution in [0.15, 0.2) is 11.7 Å². The maximum atomic E-state index is 5.87. The molecule has 8 nitrogen and oxygen atoms in total. The molecule has 0 bridgehead atoms. The topological polar surface area (TPSA) is 123 Å². The largest absolute Gasteiger partial charge is 0.382 e. The highest BCUT2D eigenvalue weighted by atomic mass is 32.1. The lowest BCUT2D eigenvalue weighted by Crippen LogP contribution is -2.19. The van der Waals surface area contributed by atoms with E-state index in [1.165, 1.54) is 4.88 Å². The van der Waals surface area contributed by atoms with E-state index < -0.39 is 0 Å². The minimum Gasteiger partial charge on any atom is -0.382 e. The molecule has 1 aliphatic heterocycles. The molecule has 1 fully saturated rings. The van der Waals surface area contributed by atoms with Gasteiger partial charge in [-0.15, -0.1) is 11.3 Å². The highest BCUT2D eigenvalue weighted by Gasteiger charge is 2.27. The molecule has 22 heavy (non-hydrogen) atoms. The van der Waals surface area contributed by atoms with Crippen LogP contribution < -0.4 is 11.5 Å². The molecule has 0 aromatic carbocycles. The molecule has 3 aromatic rings. The van der Waals surface area contributed by atoms with Crippen LogP contribution in [0.3, 0.4) is 0 Å². The van der Waals surface area contributed by atoms with Crippen molar-refractivity contribution in [3.05, 3.63) is 22.4 Å². The van der Waals surface area contributed by atoms with Crippen molar-refractivity contribution in [1.82, 2.24) is 29.8 Å². The third-order valence-corrected chi connectivity index (χ3v) is 4.70. The average Bonchev–Trinajstić information content (AvgIpc) is 3.18. The third kappa shape index (κ3) is 2.38. The standard InChI is InChI=1S/C13H16N8S/c14-10-9-12(20-13(15)18-10)19-11(17-9)7-1-2-21(4-7)5-8-3-16-6-22-8/h3,6-7H,1-2,4-5H2,(H5,14,15,17,18,19,20). The first kappa shape index (κ1) is 13.4. The van der Waals surface area contributed by atoms with Crippen molar-refractivity contribution in [3.63, 3.8) is 0 Å². The van der Waals surface area contributed by atoms with E-state index in [1.807, 2.05) is 11.7 Å². The van der Waals surface area contributed by atoms with Crippen LogP contribution in [0.5, 0.6) is 0 Å². The summed E-state index contributed by atoms with van der Waals surface area (Å²) in [5.74, 6) is 1.76. The maximum Gasteiger partial charge on any atom is 0.224 e. The van der Waals surface area contributed by atoms with Crippen molar-refractivity contribution in [2.75, 3.05) is 24.6 Å². The second kappa shape index (κ2) is 5.18. The van der Waals surface area contributed by atoms with E-state index in [1.54, 1.807) is 11.3 Å². The van der Waals surface area contributed by atoms with Gasteiger partial charge in [-0.2, -0.15) is 9.97 Å². The molecule has 0 spiro atoms. The van der Waals surface area contributed by atoms with Gasteiger partial charge in [-0.1, -0.05) is 0 Å². The third-order valence-electron chi connectivity index (χ3n) is 3.94. The lowest BCUT2D eigenvalue weighted by atomic mass is 10.1. The number of nitrogens with two attached hydrogens (primary N) is 2. The summed E-state index contributed by atoms with van der Waals surface area (Å²) in [4.78, 5) is 23.7. The summed E-state index contributed by atoms with van der Waals surface area (Å²) in [5, 5.41) is 0. The Morgan fingerprint density at radius 3 is 3.05 bits per heavy atom. The van der Waals surface area contributed by atoms with Crippen molar-refractivity contribution in [3.8, 4) is 0 Å². The van der Waals surface area contributed by atoms with Crippen LogP contribution in [-0.4, -0.2) is 42.9 Å². The number of aromatic amines is 1. The van der Waals surface area contributed by atoms with Gasteiger partial charge in [0.25, 0.3) is 0 Å². The van der Waals surface area contributed by atoms with E-state index >= 15 is 0 Å². The Labute approximate surface area is 130 Å². The second-order valence-electron chi connectivity index (χ2n) is 5.48. The van der Waals surface area contributed by atoms with Gasteiger partial charge >= 0.3 is 0 Å². The van der Waals surface area contributed by atoms with Gasteiger partial charge in [0.05, 0.1) is 5.51 Å². The zero-order valence-corrected chi connectivity index (χ0v) is 12.7. The number of H-pyrrole nitrogens is 1. The molecule has 0 amide bonds. The Morgan fingerprint density at radius 2 is 2.23 bits per heavy atom. The van der Waals surface area contributed by atoms with Crippen LogP contribution in [0.25, 0.3) is 11.2 Å². The van der Waals surface area contributed by atoms with Crippen molar-refractivity contribution in [2.24, 2.45) is 0 Å². The number of nitrogens with zero attached hydrogens (tertiary/aromatic N) is 5. The molecule has 9 heteroatoms. The lowest BCUT2D eigenvalue weighted by Gasteiger charge is -2.13. The summed E-state index contributed by atoms with van der Waals surface area (Å²) in [6.07, 6.45) is 2.99. The lowest BCUT2D eigenvalue weighted by molar-refractivity contribution is 0.328. The predicted octanol–water partition coefficient (Wildman–Crippen LogP) is 0.963. The van der Waals surface area contributed by atoms with Crippen LogP contribution in [0, 0.1) is 0 Å². The molecule has 0 aliphatic carbocycles. The van der Waals surface area contributed by atoms with Crippen LogP contribution in [0.1, 0.15) is 23.0 Å². The van der Waals surface area contributed by atoms with E-state index in [-0.39, 0.29) is 5.95 Å². The number of anilines is 2. The number of imidazole rings is 1. The molecule has 1 saturated heterocycles. The monoisotopic (exact) mass is 316 g/mol. The molecule has 4 heterocycles. The van der Waals surface area contributed by atoms with Crippen molar-refractivity contribution in [2.45, 2.75) is 18.9 Å². The summed E-state index contributed by atoms with van der Waals surface area (Å²) in [5.41, 5.74) is 14.6. The minimum atomic E-state index is 0.154. The number of rotatable bonds is 3. The summed E-state index contributed by atoms with van der Waals surface area (Å²) < 4.78 is 0. The quantitative estimate of drug-likeness (QED) is 0.657. The van der Waals surface area contributed by atoms with Crippen molar-refractivity contribution < 1.29 is 0 Å². The van der Waals surface area contributed by atoms with Crippen molar-refractivity contribution >= 4 is 34.3 Å². The SMILES string of the molecule is Nc1nc(N)c2[nH]c(C3CCN(Cc4cncs4)C3)nc2n1. The van der Waals surface area contributed by atoms with Gasteiger partial charge in [0.1, 0.15) is 11.3 Å². The molecule has 5 N–H and O–H groups in total. The van der Waals surface area contributed by atoms with Gasteiger partial charge < -0.3 is 16.5 Å². The molecule has 0 saturated carbocycles. The fourth-order valence-corrected chi connectivity index (χ4v) is 3.52. The Kier molecular flexibility index (Phi) is 3.16.